The van der Waals surface area contributed by atoms with E-state index < -0.39 is 20.7 Å². The maximum absolute atomic E-state index is 14.8. The van der Waals surface area contributed by atoms with E-state index in [2.05, 4.69) is 54.7 Å². The lowest BCUT2D eigenvalue weighted by Crippen LogP contribution is -2.63. The zero-order valence-corrected chi connectivity index (χ0v) is 19.5. The number of anilines is 2. The highest BCUT2D eigenvalue weighted by atomic mass is 35.5. The number of sulfonamides is 1. The molecule has 1 aromatic heterocycles. The number of piperidine rings is 1. The number of halogens is 2. The van der Waals surface area contributed by atoms with Gasteiger partial charge in [0, 0.05) is 35.1 Å². The first kappa shape index (κ1) is 22.3. The van der Waals surface area contributed by atoms with Crippen LogP contribution in [0.25, 0.3) is 0 Å². The number of likely N-dealkylation sites (tertiary alicyclic amines) is 1. The molecule has 0 aliphatic carbocycles. The van der Waals surface area contributed by atoms with Gasteiger partial charge in [-0.25, -0.2) is 17.8 Å². The van der Waals surface area contributed by atoms with Crippen LogP contribution in [0.3, 0.4) is 0 Å². The molecular weight excluding hydrogens is 435 g/mol. The van der Waals surface area contributed by atoms with Crippen molar-refractivity contribution >= 4 is 43.8 Å². The fourth-order valence-corrected chi connectivity index (χ4v) is 5.77. The van der Waals surface area contributed by atoms with Crippen LogP contribution < -0.4 is 10.0 Å². The van der Waals surface area contributed by atoms with E-state index in [-0.39, 0.29) is 27.1 Å². The Labute approximate surface area is 180 Å². The van der Waals surface area contributed by atoms with Crippen molar-refractivity contribution in [2.45, 2.75) is 50.6 Å². The van der Waals surface area contributed by atoms with E-state index in [1.165, 1.54) is 6.20 Å². The second-order valence-electron chi connectivity index (χ2n) is 8.39. The second kappa shape index (κ2) is 7.68. The maximum Gasteiger partial charge on any atom is 0.266 e. The summed E-state index contributed by atoms with van der Waals surface area (Å²) in [6.07, 6.45) is 2.32. The van der Waals surface area contributed by atoms with E-state index in [0.29, 0.717) is 5.69 Å². The average molecular weight is 461 g/mol. The summed E-state index contributed by atoms with van der Waals surface area (Å²) in [6, 6.07) is 2.34. The minimum Gasteiger partial charge on any atom is -0.380 e. The number of rotatable bonds is 5. The fraction of sp³-hybridized carbons (Fsp3) is 0.526. The molecule has 0 bridgehead atoms. The van der Waals surface area contributed by atoms with Crippen LogP contribution in [0.1, 0.15) is 34.1 Å². The largest absolute Gasteiger partial charge is 0.380 e. The molecule has 2 N–H and O–H groups in total. The third-order valence-corrected chi connectivity index (χ3v) is 8.93. The Balaban J connectivity index is 1.88. The molecule has 1 aliphatic rings. The van der Waals surface area contributed by atoms with Crippen molar-refractivity contribution in [1.29, 1.82) is 0 Å². The smallest absolute Gasteiger partial charge is 0.266 e. The molecule has 10 heteroatoms. The van der Waals surface area contributed by atoms with Crippen molar-refractivity contribution in [2.24, 2.45) is 5.41 Å². The topological polar surface area (TPSA) is 74.3 Å². The highest BCUT2D eigenvalue weighted by Gasteiger charge is 2.48. The number of aromatic nitrogens is 1. The van der Waals surface area contributed by atoms with Crippen molar-refractivity contribution < 1.29 is 12.8 Å². The van der Waals surface area contributed by atoms with Crippen LogP contribution in [-0.4, -0.2) is 43.5 Å². The summed E-state index contributed by atoms with van der Waals surface area (Å²) in [7, 11) is -2.03. The quantitative estimate of drug-likeness (QED) is 0.678. The van der Waals surface area contributed by atoms with Gasteiger partial charge in [0.15, 0.2) is 5.13 Å². The van der Waals surface area contributed by atoms with Crippen molar-refractivity contribution in [2.75, 3.05) is 23.6 Å². The zero-order valence-electron chi connectivity index (χ0n) is 17.1. The Kier molecular flexibility index (Phi) is 5.90. The van der Waals surface area contributed by atoms with Crippen LogP contribution in [-0.2, 0) is 10.0 Å². The molecule has 6 nitrogen and oxygen atoms in total. The Bertz CT molecular complexity index is 994. The molecule has 0 amide bonds. The first-order valence-corrected chi connectivity index (χ1v) is 12.0. The van der Waals surface area contributed by atoms with Crippen molar-refractivity contribution in [3.8, 4) is 0 Å². The van der Waals surface area contributed by atoms with E-state index in [1.807, 2.05) is 0 Å². The molecule has 1 atom stereocenters. The summed E-state index contributed by atoms with van der Waals surface area (Å²) in [5.74, 6) is -0.869. The van der Waals surface area contributed by atoms with E-state index in [0.717, 1.165) is 36.4 Å². The van der Waals surface area contributed by atoms with Gasteiger partial charge in [0.05, 0.1) is 10.7 Å². The zero-order chi connectivity index (χ0) is 21.6. The van der Waals surface area contributed by atoms with Crippen LogP contribution in [0.5, 0.6) is 0 Å². The Morgan fingerprint density at radius 2 is 2.00 bits per heavy atom. The van der Waals surface area contributed by atoms with Gasteiger partial charge in [-0.15, -0.1) is 11.3 Å². The standard InChI is InChI=1S/C19H26ClFN4O2S2/c1-18(2)16(6-8-25(5)19(18,3)4)23-14-11-13(21)15(10-12(14)20)29(26,27)24-17-22-7-9-28-17/h7,9-11,16,23H,6,8H2,1-5H3,(H,22,24). The van der Waals surface area contributed by atoms with Crippen molar-refractivity contribution in [3.63, 3.8) is 0 Å². The van der Waals surface area contributed by atoms with Gasteiger partial charge in [0.1, 0.15) is 10.7 Å². The molecule has 1 unspecified atom stereocenters. The van der Waals surface area contributed by atoms with Gasteiger partial charge in [0.2, 0.25) is 0 Å². The van der Waals surface area contributed by atoms with Crippen LogP contribution in [0.2, 0.25) is 5.02 Å². The van der Waals surface area contributed by atoms with Gasteiger partial charge in [-0.05, 0) is 39.4 Å². The van der Waals surface area contributed by atoms with Gasteiger partial charge in [-0.1, -0.05) is 25.4 Å². The molecule has 0 spiro atoms. The Morgan fingerprint density at radius 1 is 1.31 bits per heavy atom. The first-order valence-electron chi connectivity index (χ1n) is 9.25. The highest BCUT2D eigenvalue weighted by Crippen LogP contribution is 2.44. The molecule has 0 saturated carbocycles. The molecule has 1 fully saturated rings. The monoisotopic (exact) mass is 460 g/mol. The minimum absolute atomic E-state index is 0.0431. The molecule has 29 heavy (non-hydrogen) atoms. The number of nitrogens with zero attached hydrogens (tertiary/aromatic N) is 2. The predicted octanol–water partition coefficient (Wildman–Crippen LogP) is 4.66. The lowest BCUT2D eigenvalue weighted by molar-refractivity contribution is -0.0217. The minimum atomic E-state index is -4.13. The van der Waals surface area contributed by atoms with Gasteiger partial charge in [0.25, 0.3) is 10.0 Å². The first-order chi connectivity index (χ1) is 13.4. The van der Waals surface area contributed by atoms with Crippen LogP contribution in [0, 0.1) is 11.2 Å². The number of nitrogens with one attached hydrogen (secondary N) is 2. The van der Waals surface area contributed by atoms with Gasteiger partial charge < -0.3 is 10.2 Å². The SMILES string of the molecule is CN1CCC(Nc2cc(F)c(S(=O)(=O)Nc3nccs3)cc2Cl)C(C)(C)C1(C)C. The number of benzene rings is 1. The molecular formula is C19H26ClFN4O2S2. The number of thiazole rings is 1. The summed E-state index contributed by atoms with van der Waals surface area (Å²) in [4.78, 5) is 5.67. The van der Waals surface area contributed by atoms with Crippen LogP contribution in [0.4, 0.5) is 15.2 Å². The van der Waals surface area contributed by atoms with E-state index in [9.17, 15) is 12.8 Å². The van der Waals surface area contributed by atoms with E-state index in [4.69, 9.17) is 11.6 Å². The summed E-state index contributed by atoms with van der Waals surface area (Å²) in [5, 5.41) is 5.30. The van der Waals surface area contributed by atoms with Gasteiger partial charge in [-0.2, -0.15) is 0 Å². The highest BCUT2D eigenvalue weighted by molar-refractivity contribution is 7.93. The third kappa shape index (κ3) is 4.10. The molecule has 1 saturated heterocycles. The lowest BCUT2D eigenvalue weighted by Gasteiger charge is -2.56. The molecule has 160 valence electrons. The summed E-state index contributed by atoms with van der Waals surface area (Å²) in [5.41, 5.74) is 0.155. The van der Waals surface area contributed by atoms with Crippen molar-refractivity contribution in [1.82, 2.24) is 9.88 Å². The Hall–Kier alpha value is -1.42. The molecule has 3 rings (SSSR count). The van der Waals surface area contributed by atoms with Crippen molar-refractivity contribution in [3.05, 3.63) is 34.5 Å². The van der Waals surface area contributed by atoms with E-state index >= 15 is 0 Å². The molecule has 2 aromatic rings. The molecule has 0 radical (unpaired) electrons. The van der Waals surface area contributed by atoms with Crippen LogP contribution >= 0.6 is 22.9 Å². The maximum atomic E-state index is 14.8. The Morgan fingerprint density at radius 3 is 2.62 bits per heavy atom. The van der Waals surface area contributed by atoms with Gasteiger partial charge >= 0.3 is 0 Å². The summed E-state index contributed by atoms with van der Waals surface area (Å²) >= 11 is 7.46. The normalized spacial score (nSPS) is 21.7. The average Bonchev–Trinajstić information content (AvgIpc) is 3.11. The van der Waals surface area contributed by atoms with Crippen LogP contribution in [0.15, 0.2) is 28.6 Å². The summed E-state index contributed by atoms with van der Waals surface area (Å²) in [6.45, 7) is 9.59. The lowest BCUT2D eigenvalue weighted by atomic mass is 9.65. The summed E-state index contributed by atoms with van der Waals surface area (Å²) < 4.78 is 42.1. The molecule has 2 heterocycles. The molecule has 1 aromatic carbocycles. The fourth-order valence-electron chi connectivity index (χ4n) is 3.61. The second-order valence-corrected chi connectivity index (χ2v) is 11.3. The number of hydrogen-bond acceptors (Lipinski definition) is 6. The van der Waals surface area contributed by atoms with E-state index in [1.54, 1.807) is 5.38 Å². The molecule has 1 aliphatic heterocycles. The third-order valence-electron chi connectivity index (χ3n) is 6.45. The van der Waals surface area contributed by atoms with Gasteiger partial charge in [-0.3, -0.25) is 4.72 Å². The predicted molar refractivity (Wildman–Crippen MR) is 117 cm³/mol. The number of hydrogen-bond donors (Lipinski definition) is 2.